The molecule has 1 amide bonds. The zero-order valence-electron chi connectivity index (χ0n) is 14.5. The van der Waals surface area contributed by atoms with Crippen molar-refractivity contribution in [2.24, 2.45) is 0 Å². The SMILES string of the molecule is C[C@@H](OC(=O)CNS(=O)(=O)c1ccc(C#N)cc1)C(=O)NC(C)(C)C. The summed E-state index contributed by atoms with van der Waals surface area (Å²) in [5, 5.41) is 11.3. The highest BCUT2D eigenvalue weighted by molar-refractivity contribution is 7.89. The van der Waals surface area contributed by atoms with E-state index in [0.29, 0.717) is 5.56 Å². The first-order valence-electron chi connectivity index (χ1n) is 7.46. The van der Waals surface area contributed by atoms with Crippen LogP contribution in [-0.4, -0.2) is 38.5 Å². The first-order valence-corrected chi connectivity index (χ1v) is 8.94. The van der Waals surface area contributed by atoms with Gasteiger partial charge in [0.05, 0.1) is 16.5 Å². The molecule has 0 unspecified atom stereocenters. The van der Waals surface area contributed by atoms with Crippen molar-refractivity contribution in [3.05, 3.63) is 29.8 Å². The summed E-state index contributed by atoms with van der Waals surface area (Å²) in [6.07, 6.45) is -1.05. The molecule has 8 nitrogen and oxygen atoms in total. The highest BCUT2D eigenvalue weighted by Gasteiger charge is 2.23. The largest absolute Gasteiger partial charge is 0.452 e. The van der Waals surface area contributed by atoms with Crippen LogP contribution in [0.3, 0.4) is 0 Å². The lowest BCUT2D eigenvalue weighted by Gasteiger charge is -2.23. The molecular formula is C16H21N3O5S. The van der Waals surface area contributed by atoms with E-state index in [-0.39, 0.29) is 4.90 Å². The third-order valence-corrected chi connectivity index (χ3v) is 4.29. The number of rotatable bonds is 6. The minimum Gasteiger partial charge on any atom is -0.452 e. The molecule has 0 aliphatic rings. The van der Waals surface area contributed by atoms with Crippen molar-refractivity contribution in [1.29, 1.82) is 5.26 Å². The standard InChI is InChI=1S/C16H21N3O5S/c1-11(15(21)19-16(2,3)4)24-14(20)10-18-25(22,23)13-7-5-12(9-17)6-8-13/h5-8,11,18H,10H2,1-4H3,(H,19,21)/t11-/m1/s1. The summed E-state index contributed by atoms with van der Waals surface area (Å²) in [5.74, 6) is -1.36. The van der Waals surface area contributed by atoms with Crippen molar-refractivity contribution in [1.82, 2.24) is 10.0 Å². The summed E-state index contributed by atoms with van der Waals surface area (Å²) in [6.45, 7) is 6.13. The van der Waals surface area contributed by atoms with Crippen LogP contribution in [0.25, 0.3) is 0 Å². The fourth-order valence-electron chi connectivity index (χ4n) is 1.71. The van der Waals surface area contributed by atoms with E-state index in [1.807, 2.05) is 6.07 Å². The Balaban J connectivity index is 2.60. The van der Waals surface area contributed by atoms with Crippen molar-refractivity contribution in [3.63, 3.8) is 0 Å². The van der Waals surface area contributed by atoms with Gasteiger partial charge in [-0.1, -0.05) is 0 Å². The van der Waals surface area contributed by atoms with E-state index in [1.54, 1.807) is 20.8 Å². The number of esters is 1. The summed E-state index contributed by atoms with van der Waals surface area (Å²) in [4.78, 5) is 23.5. The molecule has 0 aliphatic carbocycles. The molecule has 0 radical (unpaired) electrons. The van der Waals surface area contributed by atoms with E-state index < -0.39 is 40.1 Å². The number of amides is 1. The molecule has 1 rings (SSSR count). The maximum Gasteiger partial charge on any atom is 0.321 e. The molecule has 0 aliphatic heterocycles. The second-order valence-corrected chi connectivity index (χ2v) is 8.10. The van der Waals surface area contributed by atoms with Crippen LogP contribution in [0.4, 0.5) is 0 Å². The topological polar surface area (TPSA) is 125 Å². The number of nitriles is 1. The Morgan fingerprint density at radius 2 is 1.80 bits per heavy atom. The lowest BCUT2D eigenvalue weighted by atomic mass is 10.1. The molecular weight excluding hydrogens is 346 g/mol. The van der Waals surface area contributed by atoms with Crippen LogP contribution in [0, 0.1) is 11.3 Å². The first-order chi connectivity index (χ1) is 11.4. The van der Waals surface area contributed by atoms with Crippen molar-refractivity contribution in [3.8, 4) is 6.07 Å². The number of ether oxygens (including phenoxy) is 1. The summed E-state index contributed by atoms with van der Waals surface area (Å²) in [7, 11) is -3.93. The second kappa shape index (κ2) is 8.09. The normalized spacial score (nSPS) is 12.8. The molecule has 0 fully saturated rings. The van der Waals surface area contributed by atoms with E-state index in [2.05, 4.69) is 10.0 Å². The van der Waals surface area contributed by atoms with E-state index in [4.69, 9.17) is 10.00 Å². The molecule has 0 saturated heterocycles. The van der Waals surface area contributed by atoms with E-state index >= 15 is 0 Å². The number of carbonyl (C=O) groups is 2. The summed E-state index contributed by atoms with van der Waals surface area (Å²) < 4.78 is 31.1. The molecule has 136 valence electrons. The maximum absolute atomic E-state index is 12.1. The minimum atomic E-state index is -3.93. The van der Waals surface area contributed by atoms with Gasteiger partial charge in [0, 0.05) is 5.54 Å². The van der Waals surface area contributed by atoms with Gasteiger partial charge in [0.1, 0.15) is 6.54 Å². The van der Waals surface area contributed by atoms with Crippen LogP contribution < -0.4 is 10.0 Å². The van der Waals surface area contributed by atoms with Gasteiger partial charge in [0.2, 0.25) is 10.0 Å². The van der Waals surface area contributed by atoms with Gasteiger partial charge in [-0.05, 0) is 52.0 Å². The highest BCUT2D eigenvalue weighted by Crippen LogP contribution is 2.09. The fraction of sp³-hybridized carbons (Fsp3) is 0.438. The quantitative estimate of drug-likeness (QED) is 0.712. The average molecular weight is 367 g/mol. The molecule has 0 heterocycles. The molecule has 1 atom stereocenters. The number of nitrogens with zero attached hydrogens (tertiary/aromatic N) is 1. The smallest absolute Gasteiger partial charge is 0.321 e. The van der Waals surface area contributed by atoms with Crippen LogP contribution in [-0.2, 0) is 24.3 Å². The lowest BCUT2D eigenvalue weighted by molar-refractivity contribution is -0.154. The van der Waals surface area contributed by atoms with E-state index in [0.717, 1.165) is 0 Å². The predicted octanol–water partition coefficient (Wildman–Crippen LogP) is 0.683. The summed E-state index contributed by atoms with van der Waals surface area (Å²) >= 11 is 0. The van der Waals surface area contributed by atoms with E-state index in [1.165, 1.54) is 31.2 Å². The Morgan fingerprint density at radius 3 is 2.28 bits per heavy atom. The maximum atomic E-state index is 12.1. The Labute approximate surface area is 147 Å². The monoisotopic (exact) mass is 367 g/mol. The van der Waals surface area contributed by atoms with E-state index in [9.17, 15) is 18.0 Å². The number of sulfonamides is 1. The Morgan fingerprint density at radius 1 is 1.24 bits per heavy atom. The Bertz CT molecular complexity index is 773. The zero-order valence-corrected chi connectivity index (χ0v) is 15.3. The van der Waals surface area contributed by atoms with Gasteiger partial charge in [0.15, 0.2) is 6.10 Å². The lowest BCUT2D eigenvalue weighted by Crippen LogP contribution is -2.46. The molecule has 0 saturated carbocycles. The van der Waals surface area contributed by atoms with Crippen LogP contribution >= 0.6 is 0 Å². The van der Waals surface area contributed by atoms with Crippen molar-refractivity contribution >= 4 is 21.9 Å². The van der Waals surface area contributed by atoms with Crippen molar-refractivity contribution in [2.45, 2.75) is 44.2 Å². The first kappa shape index (κ1) is 20.6. The van der Waals surface area contributed by atoms with Crippen molar-refractivity contribution in [2.75, 3.05) is 6.54 Å². The van der Waals surface area contributed by atoms with Gasteiger partial charge in [-0.25, -0.2) is 8.42 Å². The third-order valence-electron chi connectivity index (χ3n) is 2.88. The van der Waals surface area contributed by atoms with Crippen LogP contribution in [0.5, 0.6) is 0 Å². The van der Waals surface area contributed by atoms with Crippen molar-refractivity contribution < 1.29 is 22.7 Å². The molecule has 25 heavy (non-hydrogen) atoms. The Kier molecular flexibility index (Phi) is 6.67. The number of nitrogens with one attached hydrogen (secondary N) is 2. The van der Waals surface area contributed by atoms with Crippen LogP contribution in [0.15, 0.2) is 29.2 Å². The Hall–Kier alpha value is -2.44. The third kappa shape index (κ3) is 6.91. The average Bonchev–Trinajstić information content (AvgIpc) is 2.51. The molecule has 1 aromatic rings. The zero-order chi connectivity index (χ0) is 19.3. The number of benzene rings is 1. The van der Waals surface area contributed by atoms with Gasteiger partial charge in [-0.2, -0.15) is 9.98 Å². The molecule has 0 aromatic heterocycles. The van der Waals surface area contributed by atoms with Crippen LogP contribution in [0.2, 0.25) is 0 Å². The fourth-order valence-corrected chi connectivity index (χ4v) is 2.68. The number of hydrogen-bond acceptors (Lipinski definition) is 6. The minimum absolute atomic E-state index is 0.0853. The molecule has 1 aromatic carbocycles. The van der Waals surface area contributed by atoms with Crippen LogP contribution in [0.1, 0.15) is 33.3 Å². The van der Waals surface area contributed by atoms with Gasteiger partial charge >= 0.3 is 5.97 Å². The summed E-state index contributed by atoms with van der Waals surface area (Å²) in [6, 6.07) is 7.09. The molecule has 2 N–H and O–H groups in total. The van der Waals surface area contributed by atoms with Gasteiger partial charge < -0.3 is 10.1 Å². The highest BCUT2D eigenvalue weighted by atomic mass is 32.2. The second-order valence-electron chi connectivity index (χ2n) is 6.33. The van der Waals surface area contributed by atoms with Gasteiger partial charge in [-0.15, -0.1) is 0 Å². The summed E-state index contributed by atoms with van der Waals surface area (Å²) in [5.41, 5.74) is -0.161. The molecule has 9 heteroatoms. The van der Waals surface area contributed by atoms with Gasteiger partial charge in [-0.3, -0.25) is 9.59 Å². The number of carbonyl (C=O) groups excluding carboxylic acids is 2. The van der Waals surface area contributed by atoms with Gasteiger partial charge in [0.25, 0.3) is 5.91 Å². The number of hydrogen-bond donors (Lipinski definition) is 2. The molecule has 0 spiro atoms. The molecule has 0 bridgehead atoms. The predicted molar refractivity (Wildman–Crippen MR) is 89.8 cm³/mol.